The molecule has 2 saturated heterocycles. The molecule has 2 heterocycles. The Bertz CT molecular complexity index is 144. The summed E-state index contributed by atoms with van der Waals surface area (Å²) < 4.78 is 16.2. The number of hydrogen-bond acceptors (Lipinski definition) is 4. The number of hydrogen-bond donors (Lipinski definition) is 1. The van der Waals surface area contributed by atoms with Crippen LogP contribution < -0.4 is 5.32 Å². The van der Waals surface area contributed by atoms with Gasteiger partial charge in [-0.15, -0.1) is 0 Å². The molecule has 0 saturated carbocycles. The zero-order valence-corrected chi connectivity index (χ0v) is 7.83. The summed E-state index contributed by atoms with van der Waals surface area (Å²) in [4.78, 5) is 0. The first kappa shape index (κ1) is 9.40. The number of ether oxygens (including phenoxy) is 3. The van der Waals surface area contributed by atoms with E-state index in [1.807, 2.05) is 0 Å². The van der Waals surface area contributed by atoms with Crippen molar-refractivity contribution in [1.82, 2.24) is 5.32 Å². The van der Waals surface area contributed by atoms with Crippen LogP contribution in [-0.2, 0) is 14.2 Å². The molecule has 2 fully saturated rings. The van der Waals surface area contributed by atoms with Crippen molar-refractivity contribution in [3.05, 3.63) is 0 Å². The molecule has 0 aromatic carbocycles. The monoisotopic (exact) mass is 187 g/mol. The van der Waals surface area contributed by atoms with Crippen molar-refractivity contribution < 1.29 is 14.2 Å². The average Bonchev–Trinajstić information content (AvgIpc) is 2.11. The molecule has 1 unspecified atom stereocenters. The van der Waals surface area contributed by atoms with Gasteiger partial charge in [0, 0.05) is 19.0 Å². The van der Waals surface area contributed by atoms with E-state index in [1.165, 1.54) is 0 Å². The third-order valence-corrected chi connectivity index (χ3v) is 2.41. The van der Waals surface area contributed by atoms with Crippen molar-refractivity contribution in [3.8, 4) is 0 Å². The van der Waals surface area contributed by atoms with Crippen LogP contribution in [0.25, 0.3) is 0 Å². The highest BCUT2D eigenvalue weighted by Crippen LogP contribution is 2.05. The lowest BCUT2D eigenvalue weighted by Gasteiger charge is -2.28. The Labute approximate surface area is 78.5 Å². The van der Waals surface area contributed by atoms with Crippen LogP contribution in [0.5, 0.6) is 0 Å². The zero-order chi connectivity index (χ0) is 8.93. The van der Waals surface area contributed by atoms with Crippen molar-refractivity contribution in [2.24, 2.45) is 5.92 Å². The van der Waals surface area contributed by atoms with Crippen LogP contribution in [0.4, 0.5) is 0 Å². The van der Waals surface area contributed by atoms with Crippen LogP contribution in [0.2, 0.25) is 0 Å². The van der Waals surface area contributed by atoms with Gasteiger partial charge in [-0.25, -0.2) is 0 Å². The molecule has 4 heteroatoms. The Kier molecular flexibility index (Phi) is 3.55. The molecule has 76 valence electrons. The Hall–Kier alpha value is -0.160. The molecular weight excluding hydrogens is 170 g/mol. The molecule has 0 bridgehead atoms. The summed E-state index contributed by atoms with van der Waals surface area (Å²) in [7, 11) is 0. The van der Waals surface area contributed by atoms with Gasteiger partial charge in [0.25, 0.3) is 0 Å². The van der Waals surface area contributed by atoms with Gasteiger partial charge in [0.1, 0.15) is 6.10 Å². The van der Waals surface area contributed by atoms with Gasteiger partial charge in [-0.1, -0.05) is 0 Å². The quantitative estimate of drug-likeness (QED) is 0.652. The minimum absolute atomic E-state index is 0.154. The van der Waals surface area contributed by atoms with Crippen molar-refractivity contribution in [2.75, 3.05) is 46.1 Å². The highest BCUT2D eigenvalue weighted by molar-refractivity contribution is 4.74. The maximum absolute atomic E-state index is 5.53. The molecular formula is C9H17NO3. The largest absolute Gasteiger partial charge is 0.378 e. The molecule has 13 heavy (non-hydrogen) atoms. The highest BCUT2D eigenvalue weighted by atomic mass is 16.6. The summed E-state index contributed by atoms with van der Waals surface area (Å²) in [6.07, 6.45) is 0.154. The van der Waals surface area contributed by atoms with Crippen LogP contribution in [-0.4, -0.2) is 52.2 Å². The molecule has 0 aromatic heterocycles. The lowest BCUT2D eigenvalue weighted by Crippen LogP contribution is -2.45. The summed E-state index contributed by atoms with van der Waals surface area (Å²) in [5.41, 5.74) is 0. The standard InChI is InChI=1S/C9H17NO3/c1-2-13-9(6-11-1)7-12-5-8-3-10-4-8/h8-10H,1-7H2. The molecule has 1 N–H and O–H groups in total. The fourth-order valence-electron chi connectivity index (χ4n) is 1.47. The molecule has 4 nitrogen and oxygen atoms in total. The maximum atomic E-state index is 5.53. The van der Waals surface area contributed by atoms with Crippen molar-refractivity contribution >= 4 is 0 Å². The van der Waals surface area contributed by atoms with Crippen LogP contribution in [0.15, 0.2) is 0 Å². The Balaban J connectivity index is 1.50. The molecule has 0 amide bonds. The van der Waals surface area contributed by atoms with E-state index in [1.54, 1.807) is 0 Å². The first-order chi connectivity index (χ1) is 6.45. The van der Waals surface area contributed by atoms with Crippen molar-refractivity contribution in [2.45, 2.75) is 6.10 Å². The van der Waals surface area contributed by atoms with Gasteiger partial charge in [-0.05, 0) is 0 Å². The van der Waals surface area contributed by atoms with Gasteiger partial charge in [0.2, 0.25) is 0 Å². The summed E-state index contributed by atoms with van der Waals surface area (Å²) in [5, 5.41) is 3.21. The minimum Gasteiger partial charge on any atom is -0.378 e. The second-order valence-corrected chi connectivity index (χ2v) is 3.63. The Morgan fingerprint density at radius 2 is 2.15 bits per heavy atom. The maximum Gasteiger partial charge on any atom is 0.104 e. The Morgan fingerprint density at radius 1 is 1.23 bits per heavy atom. The van der Waals surface area contributed by atoms with Gasteiger partial charge in [-0.3, -0.25) is 0 Å². The lowest BCUT2D eigenvalue weighted by molar-refractivity contribution is -0.118. The van der Waals surface area contributed by atoms with Crippen molar-refractivity contribution in [3.63, 3.8) is 0 Å². The molecule has 0 radical (unpaired) electrons. The predicted octanol–water partition coefficient (Wildman–Crippen LogP) is -0.362. The van der Waals surface area contributed by atoms with Crippen LogP contribution in [0.3, 0.4) is 0 Å². The number of rotatable bonds is 4. The summed E-state index contributed by atoms with van der Waals surface area (Å²) in [5.74, 6) is 0.713. The third kappa shape index (κ3) is 2.91. The zero-order valence-electron chi connectivity index (χ0n) is 7.83. The third-order valence-electron chi connectivity index (χ3n) is 2.41. The Morgan fingerprint density at radius 3 is 2.77 bits per heavy atom. The second-order valence-electron chi connectivity index (χ2n) is 3.63. The van der Waals surface area contributed by atoms with Gasteiger partial charge < -0.3 is 19.5 Å². The molecule has 1 atom stereocenters. The van der Waals surface area contributed by atoms with E-state index in [0.717, 1.165) is 26.3 Å². The fraction of sp³-hybridized carbons (Fsp3) is 1.00. The molecule has 2 aliphatic rings. The van der Waals surface area contributed by atoms with E-state index in [4.69, 9.17) is 14.2 Å². The normalized spacial score (nSPS) is 30.0. The lowest BCUT2D eigenvalue weighted by atomic mass is 10.1. The summed E-state index contributed by atoms with van der Waals surface area (Å²) >= 11 is 0. The van der Waals surface area contributed by atoms with E-state index in [9.17, 15) is 0 Å². The van der Waals surface area contributed by atoms with Gasteiger partial charge in [0.05, 0.1) is 33.0 Å². The van der Waals surface area contributed by atoms with Crippen LogP contribution in [0, 0.1) is 5.92 Å². The molecule has 0 aliphatic carbocycles. The summed E-state index contributed by atoms with van der Waals surface area (Å²) in [6, 6.07) is 0. The average molecular weight is 187 g/mol. The molecule has 0 aromatic rings. The number of nitrogens with one attached hydrogen (secondary N) is 1. The highest BCUT2D eigenvalue weighted by Gasteiger charge is 2.19. The van der Waals surface area contributed by atoms with E-state index in [-0.39, 0.29) is 6.10 Å². The van der Waals surface area contributed by atoms with Gasteiger partial charge in [-0.2, -0.15) is 0 Å². The van der Waals surface area contributed by atoms with Crippen LogP contribution >= 0.6 is 0 Å². The first-order valence-electron chi connectivity index (χ1n) is 4.93. The second kappa shape index (κ2) is 4.91. The van der Waals surface area contributed by atoms with Gasteiger partial charge >= 0.3 is 0 Å². The van der Waals surface area contributed by atoms with E-state index < -0.39 is 0 Å². The predicted molar refractivity (Wildman–Crippen MR) is 47.7 cm³/mol. The molecule has 2 rings (SSSR count). The SMILES string of the molecule is C1COC(COCC2CNC2)CO1. The topological polar surface area (TPSA) is 39.7 Å². The van der Waals surface area contributed by atoms with E-state index >= 15 is 0 Å². The molecule has 0 spiro atoms. The van der Waals surface area contributed by atoms with Crippen molar-refractivity contribution in [1.29, 1.82) is 0 Å². The van der Waals surface area contributed by atoms with Crippen LogP contribution in [0.1, 0.15) is 0 Å². The van der Waals surface area contributed by atoms with Gasteiger partial charge in [0.15, 0.2) is 0 Å². The van der Waals surface area contributed by atoms with E-state index in [2.05, 4.69) is 5.32 Å². The smallest absolute Gasteiger partial charge is 0.104 e. The van der Waals surface area contributed by atoms with E-state index in [0.29, 0.717) is 25.7 Å². The molecule has 2 aliphatic heterocycles. The minimum atomic E-state index is 0.154. The summed E-state index contributed by atoms with van der Waals surface area (Å²) in [6.45, 7) is 5.85. The first-order valence-corrected chi connectivity index (χ1v) is 4.93. The fourth-order valence-corrected chi connectivity index (χ4v) is 1.47.